The Balaban J connectivity index is 2.76. The Bertz CT molecular complexity index is 557. The van der Waals surface area contributed by atoms with Gasteiger partial charge in [-0.3, -0.25) is 0 Å². The predicted molar refractivity (Wildman–Crippen MR) is 57.9 cm³/mol. The first-order chi connectivity index (χ1) is 7.86. The number of sulfonamides is 1. The SMILES string of the molecule is N#Cc1ccc(S(=O)(=O)NC[C@H](O)C(=O)O)s1. The number of aliphatic hydroxyl groups excluding tert-OH is 1. The third-order valence-electron chi connectivity index (χ3n) is 1.71. The summed E-state index contributed by atoms with van der Waals surface area (Å²) in [6.45, 7) is -0.628. The number of aliphatic hydroxyl groups is 1. The van der Waals surface area contributed by atoms with Crippen molar-refractivity contribution in [3.8, 4) is 6.07 Å². The summed E-state index contributed by atoms with van der Waals surface area (Å²) in [4.78, 5) is 10.5. The molecule has 0 aliphatic carbocycles. The smallest absolute Gasteiger partial charge is 0.333 e. The molecule has 0 amide bonds. The minimum atomic E-state index is -3.88. The third kappa shape index (κ3) is 3.50. The van der Waals surface area contributed by atoms with Crippen molar-refractivity contribution < 1.29 is 23.4 Å². The molecule has 0 aromatic carbocycles. The summed E-state index contributed by atoms with van der Waals surface area (Å²) in [7, 11) is -3.88. The van der Waals surface area contributed by atoms with Crippen LogP contribution >= 0.6 is 11.3 Å². The molecule has 92 valence electrons. The highest BCUT2D eigenvalue weighted by Gasteiger charge is 2.20. The van der Waals surface area contributed by atoms with Crippen molar-refractivity contribution in [3.63, 3.8) is 0 Å². The molecule has 17 heavy (non-hydrogen) atoms. The van der Waals surface area contributed by atoms with Gasteiger partial charge in [0, 0.05) is 6.54 Å². The van der Waals surface area contributed by atoms with Crippen LogP contribution in [0.5, 0.6) is 0 Å². The molecule has 1 atom stereocenters. The van der Waals surface area contributed by atoms with E-state index in [0.717, 1.165) is 11.3 Å². The molecule has 0 bridgehead atoms. The lowest BCUT2D eigenvalue weighted by atomic mass is 10.4. The summed E-state index contributed by atoms with van der Waals surface area (Å²) in [6, 6.07) is 4.36. The third-order valence-corrected chi connectivity index (χ3v) is 4.61. The highest BCUT2D eigenvalue weighted by molar-refractivity contribution is 7.91. The van der Waals surface area contributed by atoms with E-state index in [4.69, 9.17) is 15.5 Å². The van der Waals surface area contributed by atoms with Crippen LogP contribution in [-0.4, -0.2) is 37.2 Å². The number of carboxylic acids is 1. The molecule has 0 unspecified atom stereocenters. The molecule has 0 fully saturated rings. The van der Waals surface area contributed by atoms with Gasteiger partial charge in [0.1, 0.15) is 15.2 Å². The Morgan fingerprint density at radius 1 is 1.59 bits per heavy atom. The van der Waals surface area contributed by atoms with Crippen molar-refractivity contribution in [2.75, 3.05) is 6.54 Å². The fraction of sp³-hybridized carbons (Fsp3) is 0.250. The van der Waals surface area contributed by atoms with E-state index < -0.39 is 28.6 Å². The minimum Gasteiger partial charge on any atom is -0.479 e. The molecule has 0 aliphatic heterocycles. The van der Waals surface area contributed by atoms with Crippen molar-refractivity contribution in [1.29, 1.82) is 5.26 Å². The number of nitriles is 1. The number of hydrogen-bond acceptors (Lipinski definition) is 6. The van der Waals surface area contributed by atoms with Crippen molar-refractivity contribution in [1.82, 2.24) is 4.72 Å². The molecular formula is C8H8N2O5S2. The fourth-order valence-corrected chi connectivity index (χ4v) is 3.06. The zero-order valence-corrected chi connectivity index (χ0v) is 9.96. The largest absolute Gasteiger partial charge is 0.479 e. The molecule has 0 spiro atoms. The number of thiophene rings is 1. The van der Waals surface area contributed by atoms with E-state index in [1.54, 1.807) is 6.07 Å². The number of nitrogens with zero attached hydrogens (tertiary/aromatic N) is 1. The van der Waals surface area contributed by atoms with Crippen molar-refractivity contribution in [2.24, 2.45) is 0 Å². The summed E-state index contributed by atoms with van der Waals surface area (Å²) >= 11 is 0.759. The Morgan fingerprint density at radius 3 is 2.71 bits per heavy atom. The Labute approximate surface area is 101 Å². The molecule has 1 rings (SSSR count). The average Bonchev–Trinajstić information content (AvgIpc) is 2.75. The average molecular weight is 276 g/mol. The van der Waals surface area contributed by atoms with Crippen molar-refractivity contribution in [3.05, 3.63) is 17.0 Å². The number of aliphatic carboxylic acids is 1. The first-order valence-corrected chi connectivity index (χ1v) is 6.57. The van der Waals surface area contributed by atoms with E-state index in [-0.39, 0.29) is 9.09 Å². The first-order valence-electron chi connectivity index (χ1n) is 4.27. The second-order valence-electron chi connectivity index (χ2n) is 2.94. The lowest BCUT2D eigenvalue weighted by Crippen LogP contribution is -2.36. The standard InChI is InChI=1S/C8H8N2O5S2/c9-3-5-1-2-7(16-5)17(14,15)10-4-6(11)8(12)13/h1-2,6,10-11H,4H2,(H,12,13)/t6-/m0/s1. The summed E-state index contributed by atoms with van der Waals surface area (Å²) in [5.41, 5.74) is 0. The molecule has 1 aromatic heterocycles. The molecule has 7 nitrogen and oxygen atoms in total. The van der Waals surface area contributed by atoms with E-state index in [9.17, 15) is 13.2 Å². The van der Waals surface area contributed by atoms with Crippen LogP contribution in [0, 0.1) is 11.3 Å². The highest BCUT2D eigenvalue weighted by Crippen LogP contribution is 2.20. The van der Waals surface area contributed by atoms with Crippen molar-refractivity contribution in [2.45, 2.75) is 10.3 Å². The van der Waals surface area contributed by atoms with Gasteiger partial charge in [0.15, 0.2) is 6.10 Å². The summed E-state index contributed by atoms with van der Waals surface area (Å²) in [5, 5.41) is 25.8. The maximum atomic E-state index is 11.6. The first kappa shape index (κ1) is 13.6. The van der Waals surface area contributed by atoms with Crippen LogP contribution in [0.4, 0.5) is 0 Å². The number of carbonyl (C=O) groups is 1. The van der Waals surface area contributed by atoms with Crippen LogP contribution in [-0.2, 0) is 14.8 Å². The number of hydrogen-bond donors (Lipinski definition) is 3. The topological polar surface area (TPSA) is 127 Å². The number of carboxylic acid groups (broad SMARTS) is 1. The Morgan fingerprint density at radius 2 is 2.24 bits per heavy atom. The van der Waals surface area contributed by atoms with Gasteiger partial charge >= 0.3 is 5.97 Å². The summed E-state index contributed by atoms with van der Waals surface area (Å²) in [6.07, 6.45) is -1.81. The van der Waals surface area contributed by atoms with Gasteiger partial charge in [-0.15, -0.1) is 11.3 Å². The zero-order valence-electron chi connectivity index (χ0n) is 8.32. The lowest BCUT2D eigenvalue weighted by molar-refractivity contribution is -0.146. The maximum Gasteiger partial charge on any atom is 0.333 e. The fourth-order valence-electron chi connectivity index (χ4n) is 0.872. The van der Waals surface area contributed by atoms with Gasteiger partial charge in [-0.2, -0.15) is 5.26 Å². The van der Waals surface area contributed by atoms with E-state index in [2.05, 4.69) is 0 Å². The molecule has 1 heterocycles. The van der Waals surface area contributed by atoms with Gasteiger partial charge in [-0.1, -0.05) is 0 Å². The Hall–Kier alpha value is -1.47. The van der Waals surface area contributed by atoms with E-state index in [1.165, 1.54) is 12.1 Å². The van der Waals surface area contributed by atoms with Crippen molar-refractivity contribution >= 4 is 27.3 Å². The second-order valence-corrected chi connectivity index (χ2v) is 6.01. The number of nitrogens with one attached hydrogen (secondary N) is 1. The summed E-state index contributed by atoms with van der Waals surface area (Å²) < 4.78 is 25.0. The van der Waals surface area contributed by atoms with Gasteiger partial charge < -0.3 is 10.2 Å². The minimum absolute atomic E-state index is 0.105. The molecule has 0 radical (unpaired) electrons. The predicted octanol–water partition coefficient (Wildman–Crippen LogP) is -0.656. The molecule has 0 saturated carbocycles. The molecule has 3 N–H and O–H groups in total. The molecule has 0 aliphatic rings. The van der Waals surface area contributed by atoms with E-state index in [1.807, 2.05) is 4.72 Å². The Kier molecular flexibility index (Phi) is 4.19. The van der Waals surface area contributed by atoms with Crippen LogP contribution in [0.1, 0.15) is 4.88 Å². The van der Waals surface area contributed by atoms with Gasteiger partial charge in [0.05, 0.1) is 0 Å². The molecule has 1 aromatic rings. The van der Waals surface area contributed by atoms with Gasteiger partial charge in [-0.05, 0) is 12.1 Å². The van der Waals surface area contributed by atoms with Crippen LogP contribution in [0.3, 0.4) is 0 Å². The van der Waals surface area contributed by atoms with Gasteiger partial charge in [-0.25, -0.2) is 17.9 Å². The monoisotopic (exact) mass is 276 g/mol. The summed E-state index contributed by atoms with van der Waals surface area (Å²) in [5.74, 6) is -1.52. The quantitative estimate of drug-likeness (QED) is 0.655. The van der Waals surface area contributed by atoms with Gasteiger partial charge in [0.25, 0.3) is 0 Å². The molecule has 0 saturated heterocycles. The van der Waals surface area contributed by atoms with Crippen LogP contribution in [0.15, 0.2) is 16.3 Å². The van der Waals surface area contributed by atoms with E-state index >= 15 is 0 Å². The molecular weight excluding hydrogens is 268 g/mol. The van der Waals surface area contributed by atoms with Crippen LogP contribution < -0.4 is 4.72 Å². The normalized spacial score (nSPS) is 12.9. The lowest BCUT2D eigenvalue weighted by Gasteiger charge is -2.06. The maximum absolute atomic E-state index is 11.6. The van der Waals surface area contributed by atoms with E-state index in [0.29, 0.717) is 0 Å². The number of rotatable bonds is 5. The zero-order chi connectivity index (χ0) is 13.1. The van der Waals surface area contributed by atoms with Gasteiger partial charge in [0.2, 0.25) is 10.0 Å². The van der Waals surface area contributed by atoms with Crippen LogP contribution in [0.2, 0.25) is 0 Å². The molecule has 9 heteroatoms. The van der Waals surface area contributed by atoms with Crippen LogP contribution in [0.25, 0.3) is 0 Å². The second kappa shape index (κ2) is 5.24. The highest BCUT2D eigenvalue weighted by atomic mass is 32.2.